The quantitative estimate of drug-likeness (QED) is 0.729. The van der Waals surface area contributed by atoms with Crippen molar-refractivity contribution in [3.8, 4) is 0 Å². The summed E-state index contributed by atoms with van der Waals surface area (Å²) < 4.78 is 0. The standard InChI is InChI=1S/C12H24N2O2/c1-3-10(12(13)16)14(2)8-9-6-4-5-7-11(9)15/h9-11,15H,3-8H2,1-2H3,(H2,13,16)/t9-,10-,11-/m1/s1. The molecule has 0 spiro atoms. The van der Waals surface area contributed by atoms with Crippen molar-refractivity contribution in [2.24, 2.45) is 11.7 Å². The number of nitrogens with zero attached hydrogens (tertiary/aromatic N) is 1. The lowest BCUT2D eigenvalue weighted by molar-refractivity contribution is -0.123. The van der Waals surface area contributed by atoms with Crippen LogP contribution >= 0.6 is 0 Å². The minimum absolute atomic E-state index is 0.200. The number of amides is 1. The summed E-state index contributed by atoms with van der Waals surface area (Å²) in [5.41, 5.74) is 5.34. The molecule has 4 nitrogen and oxygen atoms in total. The summed E-state index contributed by atoms with van der Waals surface area (Å²) in [5.74, 6) is 0.0300. The summed E-state index contributed by atoms with van der Waals surface area (Å²) in [6.07, 6.45) is 4.78. The van der Waals surface area contributed by atoms with E-state index in [-0.39, 0.29) is 18.1 Å². The van der Waals surface area contributed by atoms with Gasteiger partial charge in [0.05, 0.1) is 12.1 Å². The van der Waals surface area contributed by atoms with Crippen LogP contribution in [0, 0.1) is 5.92 Å². The Balaban J connectivity index is 2.48. The van der Waals surface area contributed by atoms with Crippen LogP contribution in [-0.2, 0) is 4.79 Å². The zero-order valence-corrected chi connectivity index (χ0v) is 10.4. The molecule has 0 saturated heterocycles. The van der Waals surface area contributed by atoms with Crippen LogP contribution in [0.25, 0.3) is 0 Å². The molecular formula is C12H24N2O2. The Bertz CT molecular complexity index is 233. The predicted molar refractivity (Wildman–Crippen MR) is 63.9 cm³/mol. The summed E-state index contributed by atoms with van der Waals surface area (Å²) in [6, 6.07) is -0.200. The zero-order valence-electron chi connectivity index (χ0n) is 10.4. The third-order valence-corrected chi connectivity index (χ3v) is 3.64. The highest BCUT2D eigenvalue weighted by Crippen LogP contribution is 2.25. The minimum Gasteiger partial charge on any atom is -0.393 e. The van der Waals surface area contributed by atoms with Crippen LogP contribution in [0.1, 0.15) is 39.0 Å². The molecule has 0 aromatic rings. The van der Waals surface area contributed by atoms with Gasteiger partial charge in [-0.05, 0) is 32.2 Å². The Kier molecular flexibility index (Phi) is 5.22. The predicted octanol–water partition coefficient (Wildman–Crippen LogP) is 0.733. The Morgan fingerprint density at radius 2 is 2.12 bits per heavy atom. The van der Waals surface area contributed by atoms with Crippen LogP contribution in [0.3, 0.4) is 0 Å². The van der Waals surface area contributed by atoms with Crippen LogP contribution in [0.5, 0.6) is 0 Å². The molecule has 1 saturated carbocycles. The number of carbonyl (C=O) groups is 1. The lowest BCUT2D eigenvalue weighted by atomic mass is 9.86. The molecule has 0 aromatic heterocycles. The normalized spacial score (nSPS) is 28.0. The smallest absolute Gasteiger partial charge is 0.234 e. The summed E-state index contributed by atoms with van der Waals surface area (Å²) in [4.78, 5) is 13.2. The maximum atomic E-state index is 11.2. The molecule has 0 aliphatic heterocycles. The van der Waals surface area contributed by atoms with E-state index in [1.807, 2.05) is 18.9 Å². The Morgan fingerprint density at radius 3 is 2.62 bits per heavy atom. The molecule has 4 heteroatoms. The van der Waals surface area contributed by atoms with E-state index in [9.17, 15) is 9.90 Å². The second-order valence-corrected chi connectivity index (χ2v) is 4.88. The first-order valence-corrected chi connectivity index (χ1v) is 6.23. The van der Waals surface area contributed by atoms with Gasteiger partial charge in [-0.2, -0.15) is 0 Å². The van der Waals surface area contributed by atoms with Crippen LogP contribution in [0.2, 0.25) is 0 Å². The van der Waals surface area contributed by atoms with Gasteiger partial charge >= 0.3 is 0 Å². The highest BCUT2D eigenvalue weighted by Gasteiger charge is 2.27. The zero-order chi connectivity index (χ0) is 12.1. The Hall–Kier alpha value is -0.610. The van der Waals surface area contributed by atoms with E-state index in [1.54, 1.807) is 0 Å². The van der Waals surface area contributed by atoms with Crippen molar-refractivity contribution in [1.82, 2.24) is 4.90 Å². The molecule has 3 N–H and O–H groups in total. The molecule has 16 heavy (non-hydrogen) atoms. The number of primary amides is 1. The van der Waals surface area contributed by atoms with E-state index in [0.29, 0.717) is 5.92 Å². The fourth-order valence-electron chi connectivity index (χ4n) is 2.63. The van der Waals surface area contributed by atoms with Crippen molar-refractivity contribution in [2.45, 2.75) is 51.2 Å². The van der Waals surface area contributed by atoms with Gasteiger partial charge < -0.3 is 10.8 Å². The van der Waals surface area contributed by atoms with E-state index in [4.69, 9.17) is 5.73 Å². The van der Waals surface area contributed by atoms with Crippen molar-refractivity contribution in [2.75, 3.05) is 13.6 Å². The first-order chi connectivity index (χ1) is 7.56. The van der Waals surface area contributed by atoms with Crippen LogP contribution in [-0.4, -0.2) is 41.7 Å². The van der Waals surface area contributed by atoms with Gasteiger partial charge in [-0.1, -0.05) is 19.8 Å². The van der Waals surface area contributed by atoms with Gasteiger partial charge in [0, 0.05) is 6.54 Å². The van der Waals surface area contributed by atoms with Gasteiger partial charge in [-0.15, -0.1) is 0 Å². The van der Waals surface area contributed by atoms with Crippen LogP contribution in [0.4, 0.5) is 0 Å². The molecule has 94 valence electrons. The molecule has 0 unspecified atom stereocenters. The van der Waals surface area contributed by atoms with Crippen LogP contribution in [0.15, 0.2) is 0 Å². The van der Waals surface area contributed by atoms with Crippen molar-refractivity contribution >= 4 is 5.91 Å². The molecule has 0 radical (unpaired) electrons. The number of hydrogen-bond donors (Lipinski definition) is 2. The molecule has 1 amide bonds. The number of hydrogen-bond acceptors (Lipinski definition) is 3. The first-order valence-electron chi connectivity index (χ1n) is 6.23. The topological polar surface area (TPSA) is 66.6 Å². The minimum atomic E-state index is -0.268. The number of aliphatic hydroxyl groups excluding tert-OH is 1. The lowest BCUT2D eigenvalue weighted by Gasteiger charge is -2.33. The average Bonchev–Trinajstić information content (AvgIpc) is 2.22. The van der Waals surface area contributed by atoms with E-state index in [1.165, 1.54) is 6.42 Å². The van der Waals surface area contributed by atoms with E-state index in [0.717, 1.165) is 32.2 Å². The van der Waals surface area contributed by atoms with Crippen molar-refractivity contribution < 1.29 is 9.90 Å². The molecular weight excluding hydrogens is 204 g/mol. The Morgan fingerprint density at radius 1 is 1.50 bits per heavy atom. The molecule has 1 rings (SSSR count). The maximum absolute atomic E-state index is 11.2. The van der Waals surface area contributed by atoms with Gasteiger partial charge in [0.2, 0.25) is 5.91 Å². The van der Waals surface area contributed by atoms with Crippen LogP contribution < -0.4 is 5.73 Å². The van der Waals surface area contributed by atoms with Gasteiger partial charge in [0.15, 0.2) is 0 Å². The van der Waals surface area contributed by atoms with Crippen molar-refractivity contribution in [1.29, 1.82) is 0 Å². The molecule has 1 fully saturated rings. The Labute approximate surface area is 97.8 Å². The molecule has 0 bridgehead atoms. The second kappa shape index (κ2) is 6.21. The molecule has 1 aliphatic carbocycles. The average molecular weight is 228 g/mol. The number of nitrogens with two attached hydrogens (primary N) is 1. The fraction of sp³-hybridized carbons (Fsp3) is 0.917. The highest BCUT2D eigenvalue weighted by atomic mass is 16.3. The van der Waals surface area contributed by atoms with Gasteiger partial charge in [0.1, 0.15) is 0 Å². The number of aliphatic hydroxyl groups is 1. The summed E-state index contributed by atoms with van der Waals surface area (Å²) >= 11 is 0. The summed E-state index contributed by atoms with van der Waals surface area (Å²) in [5, 5.41) is 9.87. The monoisotopic (exact) mass is 228 g/mol. The van der Waals surface area contributed by atoms with Gasteiger partial charge in [0.25, 0.3) is 0 Å². The summed E-state index contributed by atoms with van der Waals surface area (Å²) in [7, 11) is 1.92. The van der Waals surface area contributed by atoms with E-state index in [2.05, 4.69) is 0 Å². The number of rotatable bonds is 5. The SMILES string of the molecule is CC[C@H](C(N)=O)N(C)C[C@H]1CCCC[C@H]1O. The van der Waals surface area contributed by atoms with Crippen molar-refractivity contribution in [3.05, 3.63) is 0 Å². The number of likely N-dealkylation sites (N-methyl/N-ethyl adjacent to an activating group) is 1. The third kappa shape index (κ3) is 3.46. The van der Waals surface area contributed by atoms with E-state index < -0.39 is 0 Å². The number of carbonyl (C=O) groups excluding carboxylic acids is 1. The lowest BCUT2D eigenvalue weighted by Crippen LogP contribution is -2.46. The maximum Gasteiger partial charge on any atom is 0.234 e. The fourth-order valence-corrected chi connectivity index (χ4v) is 2.63. The van der Waals surface area contributed by atoms with Gasteiger partial charge in [-0.3, -0.25) is 9.69 Å². The summed E-state index contributed by atoms with van der Waals surface area (Å²) in [6.45, 7) is 2.73. The highest BCUT2D eigenvalue weighted by molar-refractivity contribution is 5.79. The first kappa shape index (κ1) is 13.5. The van der Waals surface area contributed by atoms with Crippen molar-refractivity contribution in [3.63, 3.8) is 0 Å². The molecule has 3 atom stereocenters. The molecule has 1 aliphatic rings. The second-order valence-electron chi connectivity index (χ2n) is 4.88. The van der Waals surface area contributed by atoms with Gasteiger partial charge in [-0.25, -0.2) is 0 Å². The third-order valence-electron chi connectivity index (χ3n) is 3.64. The largest absolute Gasteiger partial charge is 0.393 e. The molecule has 0 heterocycles. The van der Waals surface area contributed by atoms with E-state index >= 15 is 0 Å². The molecule has 0 aromatic carbocycles.